The second-order valence-corrected chi connectivity index (χ2v) is 8.21. The molecule has 0 N–H and O–H groups in total. The zero-order valence-corrected chi connectivity index (χ0v) is 16.9. The molecule has 3 heterocycles. The van der Waals surface area contributed by atoms with E-state index in [1.54, 1.807) is 30.7 Å². The summed E-state index contributed by atoms with van der Waals surface area (Å²) in [5, 5.41) is 0. The Kier molecular flexibility index (Phi) is 4.26. The van der Waals surface area contributed by atoms with Gasteiger partial charge in [0.05, 0.1) is 29.1 Å². The van der Waals surface area contributed by atoms with Crippen LogP contribution >= 0.6 is 0 Å². The summed E-state index contributed by atoms with van der Waals surface area (Å²) in [6.45, 7) is 3.15. The van der Waals surface area contributed by atoms with E-state index in [0.717, 1.165) is 31.3 Å². The lowest BCUT2D eigenvalue weighted by molar-refractivity contribution is 0.0787. The second kappa shape index (κ2) is 6.83. The molecule has 1 aromatic carbocycles. The highest BCUT2D eigenvalue weighted by molar-refractivity contribution is 5.97. The summed E-state index contributed by atoms with van der Waals surface area (Å²) in [5.74, 6) is 0.0247. The van der Waals surface area contributed by atoms with Gasteiger partial charge in [-0.25, -0.2) is 9.97 Å². The van der Waals surface area contributed by atoms with Crippen LogP contribution in [0, 0.1) is 6.92 Å². The molecule has 5 rings (SSSR count). The van der Waals surface area contributed by atoms with E-state index in [9.17, 15) is 9.59 Å². The van der Waals surface area contributed by atoms with Gasteiger partial charge in [-0.05, 0) is 57.2 Å². The van der Waals surface area contributed by atoms with E-state index in [4.69, 9.17) is 0 Å². The Bertz CT molecular complexity index is 1180. The minimum absolute atomic E-state index is 0.0247. The van der Waals surface area contributed by atoms with Crippen LogP contribution in [-0.4, -0.2) is 43.0 Å². The first kappa shape index (κ1) is 18.1. The second-order valence-electron chi connectivity index (χ2n) is 8.21. The van der Waals surface area contributed by atoms with Gasteiger partial charge in [-0.2, -0.15) is 0 Å². The highest BCUT2D eigenvalue weighted by Gasteiger charge is 2.30. The first-order valence-electron chi connectivity index (χ1n) is 10.3. The highest BCUT2D eigenvalue weighted by atomic mass is 16.2. The fourth-order valence-corrected chi connectivity index (χ4v) is 4.75. The maximum atomic E-state index is 13.1. The lowest BCUT2D eigenvalue weighted by Gasteiger charge is -2.20. The third kappa shape index (κ3) is 2.96. The number of amides is 1. The van der Waals surface area contributed by atoms with Crippen molar-refractivity contribution < 1.29 is 4.79 Å². The van der Waals surface area contributed by atoms with Crippen LogP contribution in [0.5, 0.6) is 0 Å². The summed E-state index contributed by atoms with van der Waals surface area (Å²) in [5.41, 5.74) is 4.97. The van der Waals surface area contributed by atoms with Gasteiger partial charge in [0.2, 0.25) is 0 Å². The topological polar surface area (TPSA) is 73.0 Å². The molecule has 150 valence electrons. The third-order valence-corrected chi connectivity index (χ3v) is 6.39. The molecule has 2 aromatic heterocycles. The Morgan fingerprint density at radius 1 is 1.21 bits per heavy atom. The maximum Gasteiger partial charge on any atom is 0.272 e. The highest BCUT2D eigenvalue weighted by Crippen LogP contribution is 2.29. The van der Waals surface area contributed by atoms with Gasteiger partial charge in [0.25, 0.3) is 11.5 Å². The van der Waals surface area contributed by atoms with Gasteiger partial charge in [-0.15, -0.1) is 0 Å². The standard InChI is InChI=1S/C22H25N5O2/c1-14-21(28)25(2)19-8-7-15(11-18(19)24-14)22(29)26-10-9-16(12-26)27-13-23-17-5-3-4-6-20(17)27/h7-8,11,13,16H,3-6,9-10,12H2,1-2H3. The van der Waals surface area contributed by atoms with Crippen molar-refractivity contribution in [2.45, 2.75) is 45.1 Å². The van der Waals surface area contributed by atoms with E-state index in [2.05, 4.69) is 14.5 Å². The SMILES string of the molecule is Cc1nc2cc(C(=O)N3CCC(n4cnc5c4CCCC5)C3)ccc2n(C)c1=O. The number of rotatable bonds is 2. The van der Waals surface area contributed by atoms with Crippen LogP contribution in [0.4, 0.5) is 0 Å². The van der Waals surface area contributed by atoms with Gasteiger partial charge in [-0.1, -0.05) is 0 Å². The number of aromatic nitrogens is 4. The molecule has 1 fully saturated rings. The summed E-state index contributed by atoms with van der Waals surface area (Å²) in [4.78, 5) is 36.1. The van der Waals surface area contributed by atoms with Gasteiger partial charge in [0, 0.05) is 31.4 Å². The van der Waals surface area contributed by atoms with Crippen molar-refractivity contribution >= 4 is 16.9 Å². The fraction of sp³-hybridized carbons (Fsp3) is 0.455. The number of hydrogen-bond donors (Lipinski definition) is 0. The van der Waals surface area contributed by atoms with Crippen molar-refractivity contribution in [1.82, 2.24) is 24.0 Å². The third-order valence-electron chi connectivity index (χ3n) is 6.39. The Morgan fingerprint density at radius 2 is 2.03 bits per heavy atom. The van der Waals surface area contributed by atoms with Gasteiger partial charge in [0.1, 0.15) is 5.69 Å². The molecule has 7 heteroatoms. The van der Waals surface area contributed by atoms with Crippen molar-refractivity contribution in [1.29, 1.82) is 0 Å². The molecule has 1 amide bonds. The number of benzene rings is 1. The van der Waals surface area contributed by atoms with Crippen LogP contribution in [0.2, 0.25) is 0 Å². The minimum atomic E-state index is -0.109. The number of fused-ring (bicyclic) bond motifs is 2. The number of hydrogen-bond acceptors (Lipinski definition) is 4. The van der Waals surface area contributed by atoms with Crippen molar-refractivity contribution in [3.8, 4) is 0 Å². The van der Waals surface area contributed by atoms with Crippen LogP contribution < -0.4 is 5.56 Å². The molecular formula is C22H25N5O2. The van der Waals surface area contributed by atoms with Crippen molar-refractivity contribution in [2.24, 2.45) is 7.05 Å². The van der Waals surface area contributed by atoms with Gasteiger partial charge in [-0.3, -0.25) is 9.59 Å². The number of carbonyl (C=O) groups excluding carboxylic acids is 1. The quantitative estimate of drug-likeness (QED) is 0.672. The molecule has 1 atom stereocenters. The predicted octanol–water partition coefficient (Wildman–Crippen LogP) is 2.40. The van der Waals surface area contributed by atoms with E-state index in [1.807, 2.05) is 17.3 Å². The normalized spacial score (nSPS) is 19.0. The number of nitrogens with zero attached hydrogens (tertiary/aromatic N) is 5. The van der Waals surface area contributed by atoms with Crippen LogP contribution in [0.15, 0.2) is 29.3 Å². The van der Waals surface area contributed by atoms with E-state index in [1.165, 1.54) is 24.2 Å². The van der Waals surface area contributed by atoms with E-state index < -0.39 is 0 Å². The molecule has 7 nitrogen and oxygen atoms in total. The zero-order valence-electron chi connectivity index (χ0n) is 16.9. The molecule has 1 unspecified atom stereocenters. The average Bonchev–Trinajstić information content (AvgIpc) is 3.38. The first-order valence-corrected chi connectivity index (χ1v) is 10.3. The number of aryl methyl sites for hydroxylation is 3. The molecule has 29 heavy (non-hydrogen) atoms. The zero-order chi connectivity index (χ0) is 20.1. The van der Waals surface area contributed by atoms with Crippen molar-refractivity contribution in [2.75, 3.05) is 13.1 Å². The minimum Gasteiger partial charge on any atom is -0.336 e. The summed E-state index contributed by atoms with van der Waals surface area (Å²) < 4.78 is 3.89. The molecule has 1 aliphatic carbocycles. The molecular weight excluding hydrogens is 366 g/mol. The molecule has 3 aromatic rings. The Hall–Kier alpha value is -2.96. The maximum absolute atomic E-state index is 13.1. The number of imidazole rings is 1. The molecule has 1 aliphatic heterocycles. The summed E-state index contributed by atoms with van der Waals surface area (Å²) in [7, 11) is 1.73. The van der Waals surface area contributed by atoms with Crippen LogP contribution in [0.1, 0.15) is 52.7 Å². The van der Waals surface area contributed by atoms with Crippen molar-refractivity contribution in [3.63, 3.8) is 0 Å². The lowest BCUT2D eigenvalue weighted by Crippen LogP contribution is -2.29. The number of carbonyl (C=O) groups is 1. The van der Waals surface area contributed by atoms with E-state index >= 15 is 0 Å². The molecule has 1 saturated heterocycles. The van der Waals surface area contributed by atoms with Gasteiger partial charge >= 0.3 is 0 Å². The van der Waals surface area contributed by atoms with Gasteiger partial charge in [0.15, 0.2) is 0 Å². The van der Waals surface area contributed by atoms with E-state index in [-0.39, 0.29) is 11.5 Å². The number of likely N-dealkylation sites (tertiary alicyclic amines) is 1. The molecule has 0 bridgehead atoms. The molecule has 0 radical (unpaired) electrons. The largest absolute Gasteiger partial charge is 0.336 e. The van der Waals surface area contributed by atoms with Crippen LogP contribution in [-0.2, 0) is 19.9 Å². The first-order chi connectivity index (χ1) is 14.0. The molecule has 0 saturated carbocycles. The van der Waals surface area contributed by atoms with Crippen LogP contribution in [0.3, 0.4) is 0 Å². The Labute approximate surface area is 169 Å². The summed E-state index contributed by atoms with van der Waals surface area (Å²) >= 11 is 0. The Morgan fingerprint density at radius 3 is 2.90 bits per heavy atom. The Balaban J connectivity index is 1.39. The fourth-order valence-electron chi connectivity index (χ4n) is 4.75. The predicted molar refractivity (Wildman–Crippen MR) is 110 cm³/mol. The van der Waals surface area contributed by atoms with Gasteiger partial charge < -0.3 is 14.0 Å². The smallest absolute Gasteiger partial charge is 0.272 e. The van der Waals surface area contributed by atoms with E-state index in [0.29, 0.717) is 29.4 Å². The van der Waals surface area contributed by atoms with Crippen molar-refractivity contribution in [3.05, 3.63) is 57.5 Å². The monoisotopic (exact) mass is 391 g/mol. The molecule has 2 aliphatic rings. The van der Waals surface area contributed by atoms with Crippen LogP contribution in [0.25, 0.3) is 11.0 Å². The summed E-state index contributed by atoms with van der Waals surface area (Å²) in [6, 6.07) is 5.72. The lowest BCUT2D eigenvalue weighted by atomic mass is 10.0. The molecule has 0 spiro atoms. The summed E-state index contributed by atoms with van der Waals surface area (Å²) in [6.07, 6.45) is 7.53. The average molecular weight is 391 g/mol.